The molecule has 0 atom stereocenters. The second-order valence-corrected chi connectivity index (χ2v) is 4.07. The van der Waals surface area contributed by atoms with E-state index in [1.807, 2.05) is 26.0 Å². The van der Waals surface area contributed by atoms with Gasteiger partial charge in [0.1, 0.15) is 0 Å². The lowest BCUT2D eigenvalue weighted by molar-refractivity contribution is -0.385. The van der Waals surface area contributed by atoms with Crippen LogP contribution in [0.2, 0.25) is 0 Å². The zero-order valence-electron chi connectivity index (χ0n) is 10.5. The predicted octanol–water partition coefficient (Wildman–Crippen LogP) is 2.92. The maximum atomic E-state index is 10.8. The van der Waals surface area contributed by atoms with Crippen molar-refractivity contribution in [2.24, 2.45) is 0 Å². The second kappa shape index (κ2) is 6.15. The molecule has 0 aliphatic heterocycles. The minimum absolute atomic E-state index is 0.176. The van der Waals surface area contributed by atoms with Gasteiger partial charge in [-0.05, 0) is 26.0 Å². The first-order valence-electron chi connectivity index (χ1n) is 5.67. The van der Waals surface area contributed by atoms with Crippen molar-refractivity contribution >= 4 is 11.8 Å². The number of aryl methyl sites for hydroxylation is 1. The third-order valence-corrected chi connectivity index (χ3v) is 2.50. The first kappa shape index (κ1) is 13.4. The van der Waals surface area contributed by atoms with Crippen molar-refractivity contribution in [3.63, 3.8) is 0 Å². The smallest absolute Gasteiger partial charge is 0.272 e. The van der Waals surface area contributed by atoms with Gasteiger partial charge < -0.3 is 5.32 Å². The van der Waals surface area contributed by atoms with Crippen LogP contribution in [0.25, 0.3) is 6.08 Å². The normalized spacial score (nSPS) is 11.6. The van der Waals surface area contributed by atoms with E-state index in [-0.39, 0.29) is 10.6 Å². The quantitative estimate of drug-likeness (QED) is 0.629. The molecule has 0 heterocycles. The molecule has 0 spiro atoms. The average molecular weight is 234 g/mol. The van der Waals surface area contributed by atoms with Crippen molar-refractivity contribution in [1.29, 1.82) is 0 Å². The largest absolute Gasteiger partial charge is 0.313 e. The van der Waals surface area contributed by atoms with Gasteiger partial charge in [-0.3, -0.25) is 10.1 Å². The molecule has 17 heavy (non-hydrogen) atoms. The van der Waals surface area contributed by atoms with Crippen molar-refractivity contribution < 1.29 is 4.92 Å². The Bertz CT molecular complexity index is 439. The van der Waals surface area contributed by atoms with Gasteiger partial charge in [-0.2, -0.15) is 0 Å². The Morgan fingerprint density at radius 1 is 1.53 bits per heavy atom. The van der Waals surface area contributed by atoms with Gasteiger partial charge in [-0.25, -0.2) is 0 Å². The highest BCUT2D eigenvalue weighted by molar-refractivity contribution is 5.58. The molecular weight excluding hydrogens is 216 g/mol. The molecule has 0 bridgehead atoms. The fraction of sp³-hybridized carbons (Fsp3) is 0.385. The highest BCUT2D eigenvalue weighted by Crippen LogP contribution is 2.20. The summed E-state index contributed by atoms with van der Waals surface area (Å²) in [4.78, 5) is 10.5. The van der Waals surface area contributed by atoms with Crippen LogP contribution < -0.4 is 5.32 Å². The third kappa shape index (κ3) is 4.00. The van der Waals surface area contributed by atoms with Crippen LogP contribution in [0.15, 0.2) is 23.8 Å². The highest BCUT2D eigenvalue weighted by Gasteiger charge is 2.09. The van der Waals surface area contributed by atoms with Crippen LogP contribution in [0, 0.1) is 17.0 Å². The van der Waals surface area contributed by atoms with Gasteiger partial charge in [-0.15, -0.1) is 0 Å². The number of nitrogens with zero attached hydrogens (tertiary/aromatic N) is 1. The fourth-order valence-electron chi connectivity index (χ4n) is 1.57. The lowest BCUT2D eigenvalue weighted by atomic mass is 10.1. The summed E-state index contributed by atoms with van der Waals surface area (Å²) in [5, 5.41) is 14.0. The Balaban J connectivity index is 2.92. The molecule has 1 aromatic carbocycles. The monoisotopic (exact) mass is 234 g/mol. The van der Waals surface area contributed by atoms with Crippen molar-refractivity contribution in [2.75, 3.05) is 13.1 Å². The van der Waals surface area contributed by atoms with Crippen molar-refractivity contribution in [1.82, 2.24) is 5.32 Å². The number of nitro groups is 1. The molecule has 0 aliphatic carbocycles. The predicted molar refractivity (Wildman–Crippen MR) is 70.0 cm³/mol. The SMILES string of the molecule is CCNCC(C)=Cc1ccc(C)c([N+](=O)[O-])c1. The minimum Gasteiger partial charge on any atom is -0.313 e. The van der Waals surface area contributed by atoms with Gasteiger partial charge in [0.05, 0.1) is 4.92 Å². The van der Waals surface area contributed by atoms with Gasteiger partial charge in [0.2, 0.25) is 0 Å². The topological polar surface area (TPSA) is 55.2 Å². The molecule has 0 fully saturated rings. The van der Waals surface area contributed by atoms with E-state index in [4.69, 9.17) is 0 Å². The molecule has 92 valence electrons. The Labute approximate surface area is 101 Å². The molecule has 4 nitrogen and oxygen atoms in total. The number of nitro benzene ring substituents is 1. The Kier molecular flexibility index (Phi) is 4.84. The van der Waals surface area contributed by atoms with E-state index in [0.29, 0.717) is 5.56 Å². The first-order chi connectivity index (χ1) is 8.04. The van der Waals surface area contributed by atoms with E-state index in [0.717, 1.165) is 24.2 Å². The summed E-state index contributed by atoms with van der Waals surface area (Å²) in [7, 11) is 0. The van der Waals surface area contributed by atoms with Crippen LogP contribution in [-0.2, 0) is 0 Å². The summed E-state index contributed by atoms with van der Waals surface area (Å²) in [6, 6.07) is 5.30. The van der Waals surface area contributed by atoms with E-state index >= 15 is 0 Å². The van der Waals surface area contributed by atoms with Crippen LogP contribution in [0.3, 0.4) is 0 Å². The van der Waals surface area contributed by atoms with Gasteiger partial charge in [0.15, 0.2) is 0 Å². The number of likely N-dealkylation sites (N-methyl/N-ethyl adjacent to an activating group) is 1. The third-order valence-electron chi connectivity index (χ3n) is 2.50. The zero-order valence-corrected chi connectivity index (χ0v) is 10.5. The molecule has 0 aromatic heterocycles. The fourth-order valence-corrected chi connectivity index (χ4v) is 1.57. The summed E-state index contributed by atoms with van der Waals surface area (Å²) in [6.45, 7) is 7.52. The van der Waals surface area contributed by atoms with E-state index in [1.54, 1.807) is 19.1 Å². The number of rotatable bonds is 5. The molecule has 1 aromatic rings. The van der Waals surface area contributed by atoms with Crippen LogP contribution in [0.1, 0.15) is 25.0 Å². The minimum atomic E-state index is -0.341. The molecule has 0 saturated carbocycles. The van der Waals surface area contributed by atoms with E-state index < -0.39 is 0 Å². The van der Waals surface area contributed by atoms with Gasteiger partial charge in [0.25, 0.3) is 5.69 Å². The van der Waals surface area contributed by atoms with Crippen LogP contribution in [-0.4, -0.2) is 18.0 Å². The van der Waals surface area contributed by atoms with E-state index in [1.165, 1.54) is 0 Å². The Morgan fingerprint density at radius 3 is 2.82 bits per heavy atom. The molecular formula is C13H18N2O2. The van der Waals surface area contributed by atoms with Crippen LogP contribution in [0.5, 0.6) is 0 Å². The molecule has 1 N–H and O–H groups in total. The maximum Gasteiger partial charge on any atom is 0.272 e. The summed E-state index contributed by atoms with van der Waals surface area (Å²) in [5.74, 6) is 0. The number of nitrogens with one attached hydrogen (secondary N) is 1. The standard InChI is InChI=1S/C13H18N2O2/c1-4-14-9-10(2)7-12-6-5-11(3)13(8-12)15(16)17/h5-8,14H,4,9H2,1-3H3. The van der Waals surface area contributed by atoms with Crippen molar-refractivity contribution in [3.8, 4) is 0 Å². The number of benzene rings is 1. The van der Waals surface area contributed by atoms with E-state index in [9.17, 15) is 10.1 Å². The van der Waals surface area contributed by atoms with Crippen LogP contribution >= 0.6 is 0 Å². The number of hydrogen-bond acceptors (Lipinski definition) is 3. The first-order valence-corrected chi connectivity index (χ1v) is 5.67. The average Bonchev–Trinajstić information content (AvgIpc) is 2.28. The van der Waals surface area contributed by atoms with Gasteiger partial charge >= 0.3 is 0 Å². The highest BCUT2D eigenvalue weighted by atomic mass is 16.6. The zero-order chi connectivity index (χ0) is 12.8. The summed E-state index contributed by atoms with van der Waals surface area (Å²) in [5.41, 5.74) is 2.90. The summed E-state index contributed by atoms with van der Waals surface area (Å²) in [6.07, 6.45) is 1.97. The van der Waals surface area contributed by atoms with Gasteiger partial charge in [0, 0.05) is 18.2 Å². The summed E-state index contributed by atoms with van der Waals surface area (Å²) < 4.78 is 0. The van der Waals surface area contributed by atoms with E-state index in [2.05, 4.69) is 5.32 Å². The lowest BCUT2D eigenvalue weighted by Gasteiger charge is -2.03. The molecule has 0 radical (unpaired) electrons. The van der Waals surface area contributed by atoms with Gasteiger partial charge in [-0.1, -0.05) is 30.7 Å². The molecule has 0 saturated heterocycles. The van der Waals surface area contributed by atoms with Crippen molar-refractivity contribution in [3.05, 3.63) is 45.0 Å². The second-order valence-electron chi connectivity index (χ2n) is 4.07. The van der Waals surface area contributed by atoms with Crippen molar-refractivity contribution in [2.45, 2.75) is 20.8 Å². The summed E-state index contributed by atoms with van der Waals surface area (Å²) >= 11 is 0. The molecule has 0 unspecified atom stereocenters. The molecule has 4 heteroatoms. The molecule has 0 amide bonds. The lowest BCUT2D eigenvalue weighted by Crippen LogP contribution is -2.14. The Morgan fingerprint density at radius 2 is 2.24 bits per heavy atom. The maximum absolute atomic E-state index is 10.8. The number of hydrogen-bond donors (Lipinski definition) is 1. The van der Waals surface area contributed by atoms with Crippen LogP contribution in [0.4, 0.5) is 5.69 Å². The molecule has 1 rings (SSSR count). The Hall–Kier alpha value is -1.68. The molecule has 0 aliphatic rings.